The van der Waals surface area contributed by atoms with Gasteiger partial charge in [0.15, 0.2) is 0 Å². The molecule has 0 radical (unpaired) electrons. The second kappa shape index (κ2) is 8.49. The van der Waals surface area contributed by atoms with E-state index in [0.717, 1.165) is 11.3 Å². The molecule has 7 nitrogen and oxygen atoms in total. The predicted molar refractivity (Wildman–Crippen MR) is 111 cm³/mol. The Kier molecular flexibility index (Phi) is 5.44. The molecule has 0 saturated heterocycles. The van der Waals surface area contributed by atoms with Crippen LogP contribution in [0, 0.1) is 0 Å². The maximum absolute atomic E-state index is 12.7. The summed E-state index contributed by atoms with van der Waals surface area (Å²) in [6.07, 6.45) is 0. The van der Waals surface area contributed by atoms with Crippen molar-refractivity contribution >= 4 is 22.9 Å². The van der Waals surface area contributed by atoms with Crippen molar-refractivity contribution in [1.29, 1.82) is 0 Å². The van der Waals surface area contributed by atoms with Gasteiger partial charge in [-0.2, -0.15) is 5.10 Å². The van der Waals surface area contributed by atoms with E-state index < -0.39 is 0 Å². The van der Waals surface area contributed by atoms with Crippen LogP contribution < -0.4 is 15.6 Å². The Hall–Kier alpha value is -3.78. The smallest absolute Gasteiger partial charge is 0.264 e. The first kappa shape index (κ1) is 18.6. The highest BCUT2D eigenvalue weighted by Crippen LogP contribution is 2.21. The summed E-state index contributed by atoms with van der Waals surface area (Å²) in [5.74, 6) is 0.340. The second-order valence-electron chi connectivity index (χ2n) is 6.14. The van der Waals surface area contributed by atoms with Crippen LogP contribution in [-0.4, -0.2) is 21.1 Å². The lowest BCUT2D eigenvalue weighted by Crippen LogP contribution is -2.12. The summed E-state index contributed by atoms with van der Waals surface area (Å²) in [4.78, 5) is 28.0. The molecule has 1 amide bonds. The van der Waals surface area contributed by atoms with Gasteiger partial charge in [-0.3, -0.25) is 9.59 Å². The third kappa shape index (κ3) is 4.74. The van der Waals surface area contributed by atoms with Crippen LogP contribution in [0.3, 0.4) is 0 Å². The first-order valence-electron chi connectivity index (χ1n) is 8.75. The monoisotopic (exact) mass is 404 g/mol. The first-order chi connectivity index (χ1) is 14.2. The summed E-state index contributed by atoms with van der Waals surface area (Å²) in [7, 11) is 0. The second-order valence-corrected chi connectivity index (χ2v) is 6.86. The number of anilines is 1. The van der Waals surface area contributed by atoms with Crippen LogP contribution in [0.5, 0.6) is 5.75 Å². The third-order valence-corrected chi connectivity index (χ3v) is 4.70. The van der Waals surface area contributed by atoms with Crippen molar-refractivity contribution in [2.24, 2.45) is 0 Å². The molecule has 0 atom stereocenters. The standard InChI is InChI=1S/C21H16N4O3S/c26-20-8-7-19(24-25-20)14-3-1-5-16(9-14)23-21(27)15-4-2-6-18(10-15)28-11-17-12-29-13-22-17/h1-10,12-13H,11H2,(H,23,27)(H,25,26). The molecule has 4 aromatic rings. The Labute approximate surface area is 170 Å². The van der Waals surface area contributed by atoms with Crippen LogP contribution in [0.1, 0.15) is 16.1 Å². The molecule has 2 aromatic carbocycles. The van der Waals surface area contributed by atoms with Crippen LogP contribution in [0.2, 0.25) is 0 Å². The van der Waals surface area contributed by atoms with Crippen molar-refractivity contribution in [2.45, 2.75) is 6.61 Å². The van der Waals surface area contributed by atoms with Crippen molar-refractivity contribution in [3.63, 3.8) is 0 Å². The van der Waals surface area contributed by atoms with Crippen LogP contribution in [0.15, 0.2) is 76.3 Å². The van der Waals surface area contributed by atoms with Gasteiger partial charge in [0, 0.05) is 28.3 Å². The fourth-order valence-electron chi connectivity index (χ4n) is 2.66. The molecular formula is C21H16N4O3S. The number of nitrogens with one attached hydrogen (secondary N) is 2. The number of hydrogen-bond donors (Lipinski definition) is 2. The Morgan fingerprint density at radius 3 is 2.79 bits per heavy atom. The maximum Gasteiger partial charge on any atom is 0.264 e. The van der Waals surface area contributed by atoms with Gasteiger partial charge < -0.3 is 10.1 Å². The zero-order valence-electron chi connectivity index (χ0n) is 15.2. The minimum Gasteiger partial charge on any atom is -0.487 e. The van der Waals surface area contributed by atoms with E-state index in [1.54, 1.807) is 48.0 Å². The van der Waals surface area contributed by atoms with Gasteiger partial charge in [-0.05, 0) is 36.4 Å². The molecule has 0 bridgehead atoms. The Morgan fingerprint density at radius 1 is 1.10 bits per heavy atom. The summed E-state index contributed by atoms with van der Waals surface area (Å²) in [6, 6.07) is 17.3. The van der Waals surface area contributed by atoms with Gasteiger partial charge in [-0.15, -0.1) is 11.3 Å². The number of benzene rings is 2. The molecule has 4 rings (SSSR count). The molecule has 0 unspecified atom stereocenters. The number of rotatable bonds is 6. The lowest BCUT2D eigenvalue weighted by Gasteiger charge is -2.09. The summed E-state index contributed by atoms with van der Waals surface area (Å²) >= 11 is 1.51. The third-order valence-electron chi connectivity index (χ3n) is 4.06. The average molecular weight is 404 g/mol. The molecule has 0 aliphatic heterocycles. The van der Waals surface area contributed by atoms with Gasteiger partial charge in [0.2, 0.25) is 0 Å². The van der Waals surface area contributed by atoms with Crippen molar-refractivity contribution in [3.05, 3.63) is 93.2 Å². The summed E-state index contributed by atoms with van der Waals surface area (Å²) in [6.45, 7) is 0.350. The van der Waals surface area contributed by atoms with Crippen LogP contribution in [0.4, 0.5) is 5.69 Å². The molecule has 144 valence electrons. The van der Waals surface area contributed by atoms with Crippen molar-refractivity contribution in [2.75, 3.05) is 5.32 Å². The van der Waals surface area contributed by atoms with E-state index in [0.29, 0.717) is 29.3 Å². The number of ether oxygens (including phenoxy) is 1. The van der Waals surface area contributed by atoms with Gasteiger partial charge >= 0.3 is 0 Å². The van der Waals surface area contributed by atoms with Gasteiger partial charge in [0.1, 0.15) is 12.4 Å². The van der Waals surface area contributed by atoms with Crippen LogP contribution >= 0.6 is 11.3 Å². The highest BCUT2D eigenvalue weighted by atomic mass is 32.1. The summed E-state index contributed by atoms with van der Waals surface area (Å²) in [5, 5.41) is 11.2. The molecule has 2 aromatic heterocycles. The molecule has 8 heteroatoms. The molecule has 2 heterocycles. The Morgan fingerprint density at radius 2 is 2.00 bits per heavy atom. The number of aromatic amines is 1. The number of amides is 1. The van der Waals surface area contributed by atoms with E-state index >= 15 is 0 Å². The van der Waals surface area contributed by atoms with Crippen LogP contribution in [0.25, 0.3) is 11.3 Å². The molecule has 2 N–H and O–H groups in total. The van der Waals surface area contributed by atoms with Crippen molar-refractivity contribution in [1.82, 2.24) is 15.2 Å². The highest BCUT2D eigenvalue weighted by Gasteiger charge is 2.09. The number of nitrogens with zero attached hydrogens (tertiary/aromatic N) is 2. The minimum absolute atomic E-state index is 0.254. The van der Waals surface area contributed by atoms with Gasteiger partial charge in [-0.25, -0.2) is 10.1 Å². The van der Waals surface area contributed by atoms with Gasteiger partial charge in [-0.1, -0.05) is 18.2 Å². The summed E-state index contributed by atoms with van der Waals surface area (Å²) in [5.41, 5.74) is 4.81. The molecule has 0 spiro atoms. The zero-order valence-corrected chi connectivity index (χ0v) is 16.0. The molecule has 0 fully saturated rings. The zero-order chi connectivity index (χ0) is 20.1. The van der Waals surface area contributed by atoms with E-state index in [9.17, 15) is 9.59 Å². The minimum atomic E-state index is -0.268. The molecule has 0 aliphatic rings. The molecule has 0 aliphatic carbocycles. The van der Waals surface area contributed by atoms with E-state index in [4.69, 9.17) is 4.74 Å². The molecular weight excluding hydrogens is 388 g/mol. The van der Waals surface area contributed by atoms with E-state index in [1.807, 2.05) is 17.5 Å². The molecule has 29 heavy (non-hydrogen) atoms. The largest absolute Gasteiger partial charge is 0.487 e. The quantitative estimate of drug-likeness (QED) is 0.510. The SMILES string of the molecule is O=C(Nc1cccc(-c2ccc(=O)[nH]n2)c1)c1cccc(OCc2cscn2)c1. The number of aromatic nitrogens is 3. The fourth-order valence-corrected chi connectivity index (χ4v) is 3.20. The molecule has 0 saturated carbocycles. The Bertz CT molecular complexity index is 1170. The van der Waals surface area contributed by atoms with Crippen LogP contribution in [-0.2, 0) is 6.61 Å². The number of H-pyrrole nitrogens is 1. The lowest BCUT2D eigenvalue weighted by atomic mass is 10.1. The van der Waals surface area contributed by atoms with Gasteiger partial charge in [0.25, 0.3) is 11.5 Å². The predicted octanol–water partition coefficient (Wildman–Crippen LogP) is 3.72. The Balaban J connectivity index is 1.46. The summed E-state index contributed by atoms with van der Waals surface area (Å²) < 4.78 is 5.70. The number of carbonyl (C=O) groups excluding carboxylic acids is 1. The van der Waals surface area contributed by atoms with Crippen molar-refractivity contribution in [3.8, 4) is 17.0 Å². The first-order valence-corrected chi connectivity index (χ1v) is 9.69. The van der Waals surface area contributed by atoms with E-state index in [2.05, 4.69) is 20.5 Å². The topological polar surface area (TPSA) is 97.0 Å². The highest BCUT2D eigenvalue weighted by molar-refractivity contribution is 7.07. The van der Waals surface area contributed by atoms with E-state index in [-0.39, 0.29) is 11.5 Å². The van der Waals surface area contributed by atoms with E-state index in [1.165, 1.54) is 17.4 Å². The maximum atomic E-state index is 12.7. The van der Waals surface area contributed by atoms with Gasteiger partial charge in [0.05, 0.1) is 16.9 Å². The number of thiazole rings is 1. The van der Waals surface area contributed by atoms with Crippen molar-refractivity contribution < 1.29 is 9.53 Å². The number of hydrogen-bond acceptors (Lipinski definition) is 6. The average Bonchev–Trinajstić information content (AvgIpc) is 3.27. The number of carbonyl (C=O) groups is 1. The fraction of sp³-hybridized carbons (Fsp3) is 0.0476. The lowest BCUT2D eigenvalue weighted by molar-refractivity contribution is 0.102. The normalized spacial score (nSPS) is 10.5.